The van der Waals surface area contributed by atoms with Gasteiger partial charge in [-0.2, -0.15) is 0 Å². The molecule has 3 aromatic rings. The summed E-state index contributed by atoms with van der Waals surface area (Å²) in [5, 5.41) is 9.95. The molecular formula is C18H17ClN4O4. The predicted molar refractivity (Wildman–Crippen MR) is 101 cm³/mol. The number of carbonyl (C=O) groups excluding carboxylic acids is 1. The maximum absolute atomic E-state index is 12.4. The number of nitrogens with zero attached hydrogens (tertiary/aromatic N) is 2. The van der Waals surface area contributed by atoms with Crippen LogP contribution in [0, 0.1) is 6.92 Å². The summed E-state index contributed by atoms with van der Waals surface area (Å²) < 4.78 is 15.5. The van der Waals surface area contributed by atoms with Gasteiger partial charge in [0.25, 0.3) is 5.91 Å². The number of benzene rings is 1. The summed E-state index contributed by atoms with van der Waals surface area (Å²) in [6.07, 6.45) is 1.52. The number of halogens is 1. The van der Waals surface area contributed by atoms with E-state index in [-0.39, 0.29) is 5.69 Å². The van der Waals surface area contributed by atoms with Gasteiger partial charge in [0.1, 0.15) is 23.0 Å². The molecule has 0 fully saturated rings. The Morgan fingerprint density at radius 1 is 1.15 bits per heavy atom. The molecule has 0 aliphatic heterocycles. The number of amides is 1. The van der Waals surface area contributed by atoms with Crippen LogP contribution in [0.2, 0.25) is 5.02 Å². The maximum Gasteiger partial charge on any atom is 0.275 e. The van der Waals surface area contributed by atoms with Gasteiger partial charge in [0.05, 0.1) is 24.9 Å². The molecule has 8 nitrogen and oxygen atoms in total. The second kappa shape index (κ2) is 7.96. The summed E-state index contributed by atoms with van der Waals surface area (Å²) in [7, 11) is 3.06. The smallest absolute Gasteiger partial charge is 0.275 e. The fraction of sp³-hybridized carbons (Fsp3) is 0.167. The lowest BCUT2D eigenvalue weighted by molar-refractivity contribution is 0.102. The van der Waals surface area contributed by atoms with Gasteiger partial charge in [0.2, 0.25) is 0 Å². The van der Waals surface area contributed by atoms with E-state index in [1.165, 1.54) is 20.4 Å². The largest absolute Gasteiger partial charge is 0.495 e. The van der Waals surface area contributed by atoms with Crippen molar-refractivity contribution in [2.75, 3.05) is 24.9 Å². The highest BCUT2D eigenvalue weighted by molar-refractivity contribution is 6.32. The zero-order chi connectivity index (χ0) is 19.4. The Morgan fingerprint density at radius 3 is 2.59 bits per heavy atom. The molecule has 0 radical (unpaired) electrons. The number of methoxy groups -OCH3 is 2. The van der Waals surface area contributed by atoms with Crippen LogP contribution in [0.4, 0.5) is 17.2 Å². The maximum atomic E-state index is 12.4. The fourth-order valence-corrected chi connectivity index (χ4v) is 2.58. The minimum Gasteiger partial charge on any atom is -0.495 e. The molecule has 0 aliphatic carbocycles. The summed E-state index contributed by atoms with van der Waals surface area (Å²) >= 11 is 6.12. The Bertz CT molecular complexity index is 974. The van der Waals surface area contributed by atoms with Crippen molar-refractivity contribution in [3.05, 3.63) is 53.0 Å². The quantitative estimate of drug-likeness (QED) is 0.657. The van der Waals surface area contributed by atoms with Crippen LogP contribution in [0.15, 0.2) is 41.1 Å². The lowest BCUT2D eigenvalue weighted by Crippen LogP contribution is -2.14. The Labute approximate surface area is 160 Å². The SMILES string of the molecule is COc1cc(Nc2ccnc(C(=O)Nc3cc(C)on3)c2)c(OC)cc1Cl. The second-order valence-corrected chi connectivity index (χ2v) is 5.93. The van der Waals surface area contributed by atoms with E-state index >= 15 is 0 Å². The number of carbonyl (C=O) groups is 1. The van der Waals surface area contributed by atoms with Crippen molar-refractivity contribution >= 4 is 34.7 Å². The summed E-state index contributed by atoms with van der Waals surface area (Å²) in [6, 6.07) is 8.29. The zero-order valence-corrected chi connectivity index (χ0v) is 15.6. The van der Waals surface area contributed by atoms with Gasteiger partial charge < -0.3 is 24.6 Å². The highest BCUT2D eigenvalue weighted by Crippen LogP contribution is 2.37. The van der Waals surface area contributed by atoms with Gasteiger partial charge in [-0.1, -0.05) is 16.8 Å². The van der Waals surface area contributed by atoms with Crippen LogP contribution in [0.1, 0.15) is 16.2 Å². The predicted octanol–water partition coefficient (Wildman–Crippen LogP) is 4.04. The van der Waals surface area contributed by atoms with E-state index in [0.29, 0.717) is 39.5 Å². The van der Waals surface area contributed by atoms with Gasteiger partial charge in [-0.3, -0.25) is 9.78 Å². The van der Waals surface area contributed by atoms with Gasteiger partial charge in [-0.15, -0.1) is 0 Å². The van der Waals surface area contributed by atoms with E-state index in [0.717, 1.165) is 0 Å². The lowest BCUT2D eigenvalue weighted by atomic mass is 10.2. The van der Waals surface area contributed by atoms with Crippen LogP contribution in [0.25, 0.3) is 0 Å². The van der Waals surface area contributed by atoms with Crippen LogP contribution in [0.5, 0.6) is 11.5 Å². The lowest BCUT2D eigenvalue weighted by Gasteiger charge is -2.14. The number of nitrogens with one attached hydrogen (secondary N) is 2. The van der Waals surface area contributed by atoms with Gasteiger partial charge in [0.15, 0.2) is 5.82 Å². The number of aryl methyl sites for hydroxylation is 1. The Morgan fingerprint density at radius 2 is 1.93 bits per heavy atom. The number of pyridine rings is 1. The van der Waals surface area contributed by atoms with E-state index in [4.69, 9.17) is 25.6 Å². The molecule has 2 N–H and O–H groups in total. The van der Waals surface area contributed by atoms with Gasteiger partial charge in [0, 0.05) is 30.1 Å². The Kier molecular flexibility index (Phi) is 5.46. The van der Waals surface area contributed by atoms with Gasteiger partial charge >= 0.3 is 0 Å². The first kappa shape index (κ1) is 18.5. The molecule has 0 saturated heterocycles. The number of aromatic nitrogens is 2. The summed E-state index contributed by atoms with van der Waals surface area (Å²) in [4.78, 5) is 16.4. The Hall–Kier alpha value is -3.26. The Balaban J connectivity index is 1.82. The number of anilines is 3. The molecule has 0 aliphatic rings. The molecule has 0 spiro atoms. The average molecular weight is 389 g/mol. The van der Waals surface area contributed by atoms with E-state index < -0.39 is 5.91 Å². The number of rotatable bonds is 6. The van der Waals surface area contributed by atoms with Crippen molar-refractivity contribution < 1.29 is 18.8 Å². The molecule has 2 heterocycles. The van der Waals surface area contributed by atoms with Crippen LogP contribution >= 0.6 is 11.6 Å². The third-order valence-electron chi connectivity index (χ3n) is 3.62. The van der Waals surface area contributed by atoms with Crippen LogP contribution < -0.4 is 20.1 Å². The average Bonchev–Trinajstić information content (AvgIpc) is 3.07. The first-order valence-electron chi connectivity index (χ1n) is 7.89. The highest BCUT2D eigenvalue weighted by atomic mass is 35.5. The van der Waals surface area contributed by atoms with Crippen molar-refractivity contribution in [3.8, 4) is 11.5 Å². The highest BCUT2D eigenvalue weighted by Gasteiger charge is 2.13. The standard InChI is InChI=1S/C18H17ClN4O4/c1-10-6-17(23-27-10)22-18(24)14-7-11(4-5-20-14)21-13-9-15(25-2)12(19)8-16(13)26-3/h4-9H,1-3H3,(H,20,21)(H,22,23,24). The van der Waals surface area contributed by atoms with Crippen LogP contribution in [-0.2, 0) is 0 Å². The van der Waals surface area contributed by atoms with Crippen molar-refractivity contribution in [2.24, 2.45) is 0 Å². The molecule has 1 aromatic carbocycles. The van der Waals surface area contributed by atoms with Crippen LogP contribution in [-0.4, -0.2) is 30.3 Å². The summed E-state index contributed by atoms with van der Waals surface area (Å²) in [5.41, 5.74) is 1.47. The second-order valence-electron chi connectivity index (χ2n) is 5.52. The molecule has 27 heavy (non-hydrogen) atoms. The number of ether oxygens (including phenoxy) is 2. The number of hydrogen-bond acceptors (Lipinski definition) is 7. The summed E-state index contributed by atoms with van der Waals surface area (Å²) in [5.74, 6) is 1.53. The monoisotopic (exact) mass is 388 g/mol. The topological polar surface area (TPSA) is 98.5 Å². The molecule has 0 bridgehead atoms. The van der Waals surface area contributed by atoms with E-state index in [1.807, 2.05) is 0 Å². The molecule has 2 aromatic heterocycles. The number of hydrogen-bond donors (Lipinski definition) is 2. The van der Waals surface area contributed by atoms with Crippen molar-refractivity contribution in [3.63, 3.8) is 0 Å². The van der Waals surface area contributed by atoms with E-state index in [9.17, 15) is 4.79 Å². The molecule has 9 heteroatoms. The first-order chi connectivity index (χ1) is 13.0. The van der Waals surface area contributed by atoms with E-state index in [2.05, 4.69) is 20.8 Å². The summed E-state index contributed by atoms with van der Waals surface area (Å²) in [6.45, 7) is 1.74. The molecule has 140 valence electrons. The first-order valence-corrected chi connectivity index (χ1v) is 8.27. The molecule has 3 rings (SSSR count). The molecule has 1 amide bonds. The van der Waals surface area contributed by atoms with Gasteiger partial charge in [-0.05, 0) is 19.1 Å². The molecule has 0 saturated carbocycles. The van der Waals surface area contributed by atoms with Crippen molar-refractivity contribution in [1.82, 2.24) is 10.1 Å². The minimum absolute atomic E-state index is 0.209. The van der Waals surface area contributed by atoms with E-state index in [1.54, 1.807) is 37.3 Å². The van der Waals surface area contributed by atoms with Gasteiger partial charge in [-0.25, -0.2) is 0 Å². The third kappa shape index (κ3) is 4.29. The molecule has 0 atom stereocenters. The molecular weight excluding hydrogens is 372 g/mol. The van der Waals surface area contributed by atoms with Crippen molar-refractivity contribution in [2.45, 2.75) is 6.92 Å². The van der Waals surface area contributed by atoms with Crippen LogP contribution in [0.3, 0.4) is 0 Å². The third-order valence-corrected chi connectivity index (χ3v) is 3.91. The minimum atomic E-state index is -0.410. The zero-order valence-electron chi connectivity index (χ0n) is 14.9. The van der Waals surface area contributed by atoms with Crippen molar-refractivity contribution in [1.29, 1.82) is 0 Å². The normalized spacial score (nSPS) is 10.4. The fourth-order valence-electron chi connectivity index (χ4n) is 2.35. The molecule has 0 unspecified atom stereocenters.